The molecular weight excluding hydrogens is 279 g/mol. The first-order chi connectivity index (χ1) is 9.40. The summed E-state index contributed by atoms with van der Waals surface area (Å²) in [4.78, 5) is 2.05. The van der Waals surface area contributed by atoms with Crippen LogP contribution in [0.25, 0.3) is 0 Å². The van der Waals surface area contributed by atoms with Crippen LogP contribution in [0.3, 0.4) is 0 Å². The fourth-order valence-electron chi connectivity index (χ4n) is 2.50. The van der Waals surface area contributed by atoms with Crippen LogP contribution < -0.4 is 0 Å². The van der Waals surface area contributed by atoms with Crippen molar-refractivity contribution >= 4 is 10.0 Å². The van der Waals surface area contributed by atoms with E-state index >= 15 is 0 Å². The number of halogens is 1. The molecule has 1 unspecified atom stereocenters. The molecule has 1 aliphatic heterocycles. The molecule has 20 heavy (non-hydrogen) atoms. The number of likely N-dealkylation sites (N-methyl/N-ethyl adjacent to an activating group) is 1. The van der Waals surface area contributed by atoms with E-state index in [2.05, 4.69) is 0 Å². The van der Waals surface area contributed by atoms with Crippen molar-refractivity contribution in [3.05, 3.63) is 35.6 Å². The molecule has 4 nitrogen and oxygen atoms in total. The van der Waals surface area contributed by atoms with Gasteiger partial charge >= 0.3 is 0 Å². The van der Waals surface area contributed by atoms with Gasteiger partial charge in [-0.15, -0.1) is 0 Å². The van der Waals surface area contributed by atoms with Gasteiger partial charge in [0.25, 0.3) is 0 Å². The summed E-state index contributed by atoms with van der Waals surface area (Å²) in [6, 6.07) is 6.28. The quantitative estimate of drug-likeness (QED) is 0.849. The van der Waals surface area contributed by atoms with Crippen LogP contribution in [-0.4, -0.2) is 50.8 Å². The molecule has 0 saturated carbocycles. The Morgan fingerprint density at radius 1 is 1.35 bits per heavy atom. The molecule has 0 radical (unpaired) electrons. The molecule has 0 aromatic heterocycles. The van der Waals surface area contributed by atoms with Crippen molar-refractivity contribution in [3.8, 4) is 0 Å². The van der Waals surface area contributed by atoms with Crippen molar-refractivity contribution in [2.75, 3.05) is 27.2 Å². The molecule has 0 N–H and O–H groups in total. The van der Waals surface area contributed by atoms with Crippen molar-refractivity contribution < 1.29 is 12.8 Å². The van der Waals surface area contributed by atoms with Gasteiger partial charge in [-0.3, -0.25) is 0 Å². The van der Waals surface area contributed by atoms with Gasteiger partial charge in [0, 0.05) is 24.7 Å². The van der Waals surface area contributed by atoms with Gasteiger partial charge in [-0.05, 0) is 33.0 Å². The summed E-state index contributed by atoms with van der Waals surface area (Å²) in [5.41, 5.74) is 0.236. The molecule has 1 saturated heterocycles. The number of hydrogen-bond donors (Lipinski definition) is 0. The summed E-state index contributed by atoms with van der Waals surface area (Å²) in [6.45, 7) is 1.02. The highest BCUT2D eigenvalue weighted by Crippen LogP contribution is 2.20. The third-order valence-corrected chi connectivity index (χ3v) is 5.57. The molecule has 6 heteroatoms. The topological polar surface area (TPSA) is 40.6 Å². The highest BCUT2D eigenvalue weighted by atomic mass is 32.2. The zero-order valence-corrected chi connectivity index (χ0v) is 12.7. The molecule has 0 amide bonds. The van der Waals surface area contributed by atoms with E-state index in [0.717, 1.165) is 12.8 Å². The summed E-state index contributed by atoms with van der Waals surface area (Å²) >= 11 is 0. The molecule has 0 aliphatic carbocycles. The first-order valence-electron chi connectivity index (χ1n) is 6.78. The fraction of sp³-hybridized carbons (Fsp3) is 0.571. The lowest BCUT2D eigenvalue weighted by Gasteiger charge is -2.35. The van der Waals surface area contributed by atoms with E-state index in [4.69, 9.17) is 0 Å². The molecule has 1 aromatic rings. The van der Waals surface area contributed by atoms with Crippen LogP contribution in [0.2, 0.25) is 0 Å². The van der Waals surface area contributed by atoms with E-state index in [9.17, 15) is 12.8 Å². The predicted molar refractivity (Wildman–Crippen MR) is 77.3 cm³/mol. The number of benzene rings is 1. The van der Waals surface area contributed by atoms with Gasteiger partial charge in [-0.1, -0.05) is 18.2 Å². The molecule has 1 aliphatic rings. The Morgan fingerprint density at radius 2 is 2.05 bits per heavy atom. The number of piperidine rings is 1. The Morgan fingerprint density at radius 3 is 2.70 bits per heavy atom. The second-order valence-electron chi connectivity index (χ2n) is 5.47. The second-order valence-corrected chi connectivity index (χ2v) is 7.43. The van der Waals surface area contributed by atoms with Crippen molar-refractivity contribution in [1.82, 2.24) is 9.21 Å². The Labute approximate surface area is 120 Å². The normalized spacial score (nSPS) is 21.3. The van der Waals surface area contributed by atoms with E-state index in [-0.39, 0.29) is 17.4 Å². The van der Waals surface area contributed by atoms with Gasteiger partial charge < -0.3 is 4.90 Å². The number of rotatable bonds is 4. The molecule has 1 fully saturated rings. The summed E-state index contributed by atoms with van der Waals surface area (Å²) < 4.78 is 39.9. The lowest BCUT2D eigenvalue weighted by Crippen LogP contribution is -2.47. The van der Waals surface area contributed by atoms with E-state index in [0.29, 0.717) is 13.1 Å². The Bertz CT molecular complexity index is 560. The number of nitrogens with zero attached hydrogens (tertiary/aromatic N) is 2. The van der Waals surface area contributed by atoms with Crippen LogP contribution >= 0.6 is 0 Å². The largest absolute Gasteiger partial charge is 0.305 e. The lowest BCUT2D eigenvalue weighted by molar-refractivity contribution is 0.190. The molecule has 112 valence electrons. The Kier molecular flexibility index (Phi) is 4.78. The minimum atomic E-state index is -3.46. The average molecular weight is 300 g/mol. The monoisotopic (exact) mass is 300 g/mol. The lowest BCUT2D eigenvalue weighted by atomic mass is 10.1. The van der Waals surface area contributed by atoms with Gasteiger partial charge in [-0.25, -0.2) is 17.1 Å². The highest BCUT2D eigenvalue weighted by Gasteiger charge is 2.30. The fourth-order valence-corrected chi connectivity index (χ4v) is 4.11. The molecule has 0 bridgehead atoms. The van der Waals surface area contributed by atoms with Crippen LogP contribution in [0.1, 0.15) is 18.4 Å². The maximum Gasteiger partial charge on any atom is 0.218 e. The van der Waals surface area contributed by atoms with Crippen LogP contribution in [0, 0.1) is 5.82 Å². The SMILES string of the molecule is CN(C)C1CCCN(S(=O)(=O)Cc2ccccc2F)C1. The van der Waals surface area contributed by atoms with E-state index in [1.165, 1.54) is 16.4 Å². The molecule has 0 spiro atoms. The van der Waals surface area contributed by atoms with Crippen LogP contribution in [0.5, 0.6) is 0 Å². The molecule has 1 aromatic carbocycles. The average Bonchev–Trinajstić information content (AvgIpc) is 2.41. The minimum absolute atomic E-state index is 0.235. The van der Waals surface area contributed by atoms with Gasteiger partial charge in [0.1, 0.15) is 5.82 Å². The van der Waals surface area contributed by atoms with Gasteiger partial charge in [0.05, 0.1) is 5.75 Å². The van der Waals surface area contributed by atoms with E-state index in [1.54, 1.807) is 12.1 Å². The van der Waals surface area contributed by atoms with Crippen molar-refractivity contribution in [3.63, 3.8) is 0 Å². The molecule has 1 heterocycles. The minimum Gasteiger partial charge on any atom is -0.305 e. The van der Waals surface area contributed by atoms with Gasteiger partial charge in [0.15, 0.2) is 0 Å². The third kappa shape index (κ3) is 3.56. The standard InChI is InChI=1S/C14H21FN2O2S/c1-16(2)13-7-5-9-17(10-13)20(18,19)11-12-6-3-4-8-14(12)15/h3-4,6,8,13H,5,7,9-11H2,1-2H3. The Balaban J connectivity index is 2.12. The summed E-state index contributed by atoms with van der Waals surface area (Å²) in [5, 5.41) is 0. The van der Waals surface area contributed by atoms with Gasteiger partial charge in [-0.2, -0.15) is 0 Å². The predicted octanol–water partition coefficient (Wildman–Crippen LogP) is 1.68. The summed E-state index contributed by atoms with van der Waals surface area (Å²) in [6.07, 6.45) is 1.85. The first kappa shape index (κ1) is 15.4. The van der Waals surface area contributed by atoms with Crippen LogP contribution in [0.4, 0.5) is 4.39 Å². The molecule has 2 rings (SSSR count). The zero-order chi connectivity index (χ0) is 14.8. The number of hydrogen-bond acceptors (Lipinski definition) is 3. The van der Waals surface area contributed by atoms with Gasteiger partial charge in [0.2, 0.25) is 10.0 Å². The van der Waals surface area contributed by atoms with E-state index in [1.807, 2.05) is 19.0 Å². The van der Waals surface area contributed by atoms with Crippen molar-refractivity contribution in [2.45, 2.75) is 24.6 Å². The van der Waals surface area contributed by atoms with Crippen LogP contribution in [-0.2, 0) is 15.8 Å². The second kappa shape index (κ2) is 6.20. The van der Waals surface area contributed by atoms with Crippen molar-refractivity contribution in [1.29, 1.82) is 0 Å². The third-order valence-electron chi connectivity index (χ3n) is 3.78. The smallest absolute Gasteiger partial charge is 0.218 e. The van der Waals surface area contributed by atoms with Crippen molar-refractivity contribution in [2.24, 2.45) is 0 Å². The molecular formula is C14H21FN2O2S. The summed E-state index contributed by atoms with van der Waals surface area (Å²) in [7, 11) is 0.453. The van der Waals surface area contributed by atoms with E-state index < -0.39 is 15.8 Å². The molecule has 1 atom stereocenters. The highest BCUT2D eigenvalue weighted by molar-refractivity contribution is 7.88. The van der Waals surface area contributed by atoms with Crippen LogP contribution in [0.15, 0.2) is 24.3 Å². The Hall–Kier alpha value is -0.980. The summed E-state index contributed by atoms with van der Waals surface area (Å²) in [5.74, 6) is -0.725. The zero-order valence-electron chi connectivity index (χ0n) is 11.9. The first-order valence-corrected chi connectivity index (χ1v) is 8.39. The maximum atomic E-state index is 13.6. The number of sulfonamides is 1. The maximum absolute atomic E-state index is 13.6.